The molecule has 0 fully saturated rings. The molecular weight excluding hydrogens is 284 g/mol. The van der Waals surface area contributed by atoms with E-state index in [4.69, 9.17) is 0 Å². The fraction of sp³-hybridized carbons (Fsp3) is 0.200. The van der Waals surface area contributed by atoms with Crippen molar-refractivity contribution < 1.29 is 0 Å². The molecule has 4 rings (SSSR count). The van der Waals surface area contributed by atoms with Gasteiger partial charge in [-0.2, -0.15) is 5.10 Å². The molecule has 0 saturated heterocycles. The average molecular weight is 302 g/mol. The number of nitrogens with zero attached hydrogens (tertiary/aromatic N) is 2. The lowest BCUT2D eigenvalue weighted by Crippen LogP contribution is -2.22. The molecule has 0 saturated carbocycles. The molecule has 1 heterocycles. The van der Waals surface area contributed by atoms with E-state index in [1.54, 1.807) is 6.07 Å². The molecule has 0 atom stereocenters. The second-order valence-electron chi connectivity index (χ2n) is 6.04. The van der Waals surface area contributed by atoms with Crippen molar-refractivity contribution in [3.8, 4) is 11.3 Å². The van der Waals surface area contributed by atoms with E-state index >= 15 is 0 Å². The maximum Gasteiger partial charge on any atom is 0.267 e. The first kappa shape index (κ1) is 13.9. The molecule has 0 radical (unpaired) electrons. The molecule has 1 aromatic heterocycles. The third-order valence-corrected chi connectivity index (χ3v) is 4.44. The Bertz CT molecular complexity index is 897. The Hall–Kier alpha value is -2.68. The number of hydrogen-bond donors (Lipinski definition) is 0. The van der Waals surface area contributed by atoms with E-state index in [-0.39, 0.29) is 5.56 Å². The monoisotopic (exact) mass is 302 g/mol. The van der Waals surface area contributed by atoms with Crippen LogP contribution in [0.3, 0.4) is 0 Å². The molecule has 0 aliphatic heterocycles. The van der Waals surface area contributed by atoms with Crippen LogP contribution >= 0.6 is 0 Å². The Morgan fingerprint density at radius 1 is 0.913 bits per heavy atom. The van der Waals surface area contributed by atoms with Crippen LogP contribution in [0.15, 0.2) is 65.5 Å². The summed E-state index contributed by atoms with van der Waals surface area (Å²) in [6.45, 7) is 0.498. The maximum absolute atomic E-state index is 12.1. The van der Waals surface area contributed by atoms with Crippen LogP contribution in [0, 0.1) is 0 Å². The Labute approximate surface area is 135 Å². The van der Waals surface area contributed by atoms with E-state index < -0.39 is 0 Å². The molecule has 3 nitrogen and oxygen atoms in total. The van der Waals surface area contributed by atoms with Gasteiger partial charge in [-0.15, -0.1) is 0 Å². The summed E-state index contributed by atoms with van der Waals surface area (Å²) in [6.07, 6.45) is 3.56. The lowest BCUT2D eigenvalue weighted by Gasteiger charge is -2.08. The third-order valence-electron chi connectivity index (χ3n) is 4.44. The first-order valence-electron chi connectivity index (χ1n) is 8.04. The number of aromatic nitrogens is 2. The molecule has 1 aliphatic carbocycles. The molecule has 1 aliphatic rings. The van der Waals surface area contributed by atoms with Gasteiger partial charge in [0.05, 0.1) is 12.2 Å². The number of fused-ring (bicyclic) bond motifs is 1. The molecule has 3 heteroatoms. The van der Waals surface area contributed by atoms with Crippen molar-refractivity contribution in [1.82, 2.24) is 9.78 Å². The minimum atomic E-state index is -0.0706. The SMILES string of the molecule is O=c1ccc(-c2ccc3c(c2)CCC3)nn1Cc1ccccc1. The fourth-order valence-electron chi connectivity index (χ4n) is 3.20. The van der Waals surface area contributed by atoms with Crippen LogP contribution in [-0.2, 0) is 19.4 Å². The summed E-state index contributed by atoms with van der Waals surface area (Å²) in [6, 6.07) is 19.9. The second kappa shape index (κ2) is 5.84. The number of rotatable bonds is 3. The van der Waals surface area contributed by atoms with Crippen molar-refractivity contribution in [1.29, 1.82) is 0 Å². The minimum absolute atomic E-state index is 0.0706. The highest BCUT2D eigenvalue weighted by Crippen LogP contribution is 2.26. The van der Waals surface area contributed by atoms with Crippen molar-refractivity contribution >= 4 is 0 Å². The molecule has 0 N–H and O–H groups in total. The predicted octanol–water partition coefficient (Wildman–Crippen LogP) is 3.45. The van der Waals surface area contributed by atoms with E-state index in [0.717, 1.165) is 23.2 Å². The van der Waals surface area contributed by atoms with Crippen LogP contribution in [0.1, 0.15) is 23.1 Å². The first-order valence-corrected chi connectivity index (χ1v) is 8.04. The highest BCUT2D eigenvalue weighted by atomic mass is 16.1. The van der Waals surface area contributed by atoms with Gasteiger partial charge in [-0.3, -0.25) is 4.79 Å². The van der Waals surface area contributed by atoms with Crippen LogP contribution in [0.5, 0.6) is 0 Å². The van der Waals surface area contributed by atoms with Crippen molar-refractivity contribution in [2.45, 2.75) is 25.8 Å². The van der Waals surface area contributed by atoms with Gasteiger partial charge in [-0.1, -0.05) is 42.5 Å². The molecule has 2 aromatic carbocycles. The van der Waals surface area contributed by atoms with Crippen LogP contribution in [0.4, 0.5) is 0 Å². The Morgan fingerprint density at radius 2 is 1.74 bits per heavy atom. The Kier molecular flexibility index (Phi) is 3.54. The van der Waals surface area contributed by atoms with Gasteiger partial charge < -0.3 is 0 Å². The number of aryl methyl sites for hydroxylation is 2. The van der Waals surface area contributed by atoms with Crippen LogP contribution in [0.2, 0.25) is 0 Å². The van der Waals surface area contributed by atoms with Crippen molar-refractivity contribution in [3.63, 3.8) is 0 Å². The van der Waals surface area contributed by atoms with Crippen molar-refractivity contribution in [3.05, 3.63) is 87.7 Å². The molecule has 0 spiro atoms. The van der Waals surface area contributed by atoms with E-state index in [9.17, 15) is 4.79 Å². The highest BCUT2D eigenvalue weighted by Gasteiger charge is 2.12. The Morgan fingerprint density at radius 3 is 2.61 bits per heavy atom. The number of hydrogen-bond acceptors (Lipinski definition) is 2. The summed E-state index contributed by atoms with van der Waals surface area (Å²) in [5, 5.41) is 4.57. The fourth-order valence-corrected chi connectivity index (χ4v) is 3.20. The zero-order chi connectivity index (χ0) is 15.6. The van der Waals surface area contributed by atoms with Gasteiger partial charge >= 0.3 is 0 Å². The molecule has 3 aromatic rings. The van der Waals surface area contributed by atoms with Crippen LogP contribution in [-0.4, -0.2) is 9.78 Å². The lowest BCUT2D eigenvalue weighted by molar-refractivity contribution is 0.643. The van der Waals surface area contributed by atoms with Gasteiger partial charge in [-0.05, 0) is 48.1 Å². The number of benzene rings is 2. The van der Waals surface area contributed by atoms with E-state index in [2.05, 4.69) is 23.3 Å². The van der Waals surface area contributed by atoms with Crippen LogP contribution < -0.4 is 5.56 Å². The van der Waals surface area contributed by atoms with Gasteiger partial charge in [0.1, 0.15) is 0 Å². The molecule has 23 heavy (non-hydrogen) atoms. The molecule has 0 amide bonds. The smallest absolute Gasteiger partial charge is 0.267 e. The average Bonchev–Trinajstić information content (AvgIpc) is 3.05. The standard InChI is InChI=1S/C20H18N2O/c23-20-12-11-19(18-10-9-16-7-4-8-17(16)13-18)21-22(20)14-15-5-2-1-3-6-15/h1-3,5-6,9-13H,4,7-8,14H2. The topological polar surface area (TPSA) is 34.9 Å². The summed E-state index contributed by atoms with van der Waals surface area (Å²) in [5.74, 6) is 0. The molecular formula is C20H18N2O. The summed E-state index contributed by atoms with van der Waals surface area (Å²) in [4.78, 5) is 12.1. The second-order valence-corrected chi connectivity index (χ2v) is 6.04. The zero-order valence-corrected chi connectivity index (χ0v) is 12.9. The van der Waals surface area contributed by atoms with Gasteiger partial charge in [0.25, 0.3) is 5.56 Å². The van der Waals surface area contributed by atoms with E-state index in [1.807, 2.05) is 36.4 Å². The predicted molar refractivity (Wildman–Crippen MR) is 91.5 cm³/mol. The van der Waals surface area contributed by atoms with Crippen molar-refractivity contribution in [2.75, 3.05) is 0 Å². The van der Waals surface area contributed by atoms with E-state index in [1.165, 1.54) is 28.7 Å². The largest absolute Gasteiger partial charge is 0.268 e. The van der Waals surface area contributed by atoms with Crippen molar-refractivity contribution in [2.24, 2.45) is 0 Å². The van der Waals surface area contributed by atoms with Crippen LogP contribution in [0.25, 0.3) is 11.3 Å². The summed E-state index contributed by atoms with van der Waals surface area (Å²) >= 11 is 0. The molecule has 0 bridgehead atoms. The summed E-state index contributed by atoms with van der Waals surface area (Å²) in [7, 11) is 0. The van der Waals surface area contributed by atoms with E-state index in [0.29, 0.717) is 6.54 Å². The molecule has 114 valence electrons. The Balaban J connectivity index is 1.70. The quantitative estimate of drug-likeness (QED) is 0.743. The minimum Gasteiger partial charge on any atom is -0.268 e. The summed E-state index contributed by atoms with van der Waals surface area (Å²) < 4.78 is 1.54. The third kappa shape index (κ3) is 2.82. The van der Waals surface area contributed by atoms with Gasteiger partial charge in [0.2, 0.25) is 0 Å². The van der Waals surface area contributed by atoms with Gasteiger partial charge in [0.15, 0.2) is 0 Å². The molecule has 0 unspecified atom stereocenters. The zero-order valence-electron chi connectivity index (χ0n) is 12.9. The highest BCUT2D eigenvalue weighted by molar-refractivity contribution is 5.61. The summed E-state index contributed by atoms with van der Waals surface area (Å²) in [5.41, 5.74) is 5.83. The first-order chi connectivity index (χ1) is 11.3. The van der Waals surface area contributed by atoms with Gasteiger partial charge in [-0.25, -0.2) is 4.68 Å². The van der Waals surface area contributed by atoms with Gasteiger partial charge in [0, 0.05) is 11.6 Å². The normalized spacial score (nSPS) is 13.0. The maximum atomic E-state index is 12.1. The lowest BCUT2D eigenvalue weighted by atomic mass is 10.0.